The Labute approximate surface area is 171 Å². The first-order valence-corrected chi connectivity index (χ1v) is 9.35. The summed E-state index contributed by atoms with van der Waals surface area (Å²) in [5, 5.41) is 15.5. The van der Waals surface area contributed by atoms with Crippen LogP contribution >= 0.6 is 0 Å². The number of nitrogens with two attached hydrogens (primary N) is 1. The molecule has 3 aromatic rings. The highest BCUT2D eigenvalue weighted by Gasteiger charge is 2.38. The van der Waals surface area contributed by atoms with E-state index in [1.54, 1.807) is 24.3 Å². The number of nitrogens with one attached hydrogen (secondary N) is 1. The molecule has 0 spiro atoms. The van der Waals surface area contributed by atoms with Crippen LogP contribution in [0.3, 0.4) is 0 Å². The van der Waals surface area contributed by atoms with Crippen LogP contribution in [0.15, 0.2) is 48.5 Å². The minimum Gasteiger partial charge on any atom is -0.368 e. The summed E-state index contributed by atoms with van der Waals surface area (Å²) >= 11 is 0. The molecule has 0 aliphatic heterocycles. The smallest absolute Gasteiger partial charge is 0.368 e. The number of amides is 1. The number of alkyl halides is 3. The fourth-order valence-corrected chi connectivity index (χ4v) is 3.17. The highest BCUT2D eigenvalue weighted by Crippen LogP contribution is 2.32. The molecule has 0 radical (unpaired) electrons. The van der Waals surface area contributed by atoms with E-state index in [0.29, 0.717) is 29.8 Å². The number of carbonyl (C=O) groups excluding carboxylic acids is 1. The SMILES string of the molecule is CCC(CC)(C(N)=O)n1nnc(-c2ccccc2Nc2ccc(C(F)(F)F)cc2)n1. The van der Waals surface area contributed by atoms with Gasteiger partial charge in [-0.3, -0.25) is 4.79 Å². The predicted octanol–water partition coefficient (Wildman–Crippen LogP) is 4.10. The summed E-state index contributed by atoms with van der Waals surface area (Å²) in [7, 11) is 0. The number of hydrogen-bond donors (Lipinski definition) is 2. The van der Waals surface area contributed by atoms with Crippen LogP contribution in [0.4, 0.5) is 24.5 Å². The number of rotatable bonds is 7. The number of benzene rings is 2. The number of aromatic nitrogens is 4. The lowest BCUT2D eigenvalue weighted by Gasteiger charge is -2.25. The van der Waals surface area contributed by atoms with Crippen LogP contribution in [0, 0.1) is 0 Å². The molecule has 3 N–H and O–H groups in total. The molecule has 1 heterocycles. The second kappa shape index (κ2) is 8.13. The topological polar surface area (TPSA) is 98.7 Å². The molecule has 1 aromatic heterocycles. The summed E-state index contributed by atoms with van der Waals surface area (Å²) < 4.78 is 38.3. The van der Waals surface area contributed by atoms with Crippen LogP contribution in [-0.4, -0.2) is 26.1 Å². The lowest BCUT2D eigenvalue weighted by molar-refractivity contribution is -0.137. The van der Waals surface area contributed by atoms with Gasteiger partial charge in [0.15, 0.2) is 5.54 Å². The highest BCUT2D eigenvalue weighted by molar-refractivity contribution is 5.82. The molecular formula is C20H21F3N6O. The number of halogens is 3. The molecule has 0 unspecified atom stereocenters. The van der Waals surface area contributed by atoms with E-state index in [4.69, 9.17) is 5.73 Å². The molecule has 3 rings (SSSR count). The minimum atomic E-state index is -4.40. The summed E-state index contributed by atoms with van der Waals surface area (Å²) in [6.45, 7) is 3.63. The molecular weight excluding hydrogens is 397 g/mol. The van der Waals surface area contributed by atoms with Gasteiger partial charge in [0.05, 0.1) is 5.56 Å². The Morgan fingerprint density at radius 2 is 1.70 bits per heavy atom. The quantitative estimate of drug-likeness (QED) is 0.602. The third-order valence-corrected chi connectivity index (χ3v) is 5.08. The van der Waals surface area contributed by atoms with Crippen LogP contribution < -0.4 is 11.1 Å². The Balaban J connectivity index is 1.93. The molecule has 7 nitrogen and oxygen atoms in total. The van der Waals surface area contributed by atoms with Crippen molar-refractivity contribution in [2.45, 2.75) is 38.4 Å². The molecule has 2 aromatic carbocycles. The molecule has 1 amide bonds. The standard InChI is InChI=1S/C20H21F3N6O/c1-3-19(4-2,18(24)30)29-27-17(26-28-29)15-7-5-6-8-16(15)25-14-11-9-13(10-12-14)20(21,22)23/h5-12,25H,3-4H2,1-2H3,(H2,24,30). The normalized spacial score (nSPS) is 12.0. The second-order valence-corrected chi connectivity index (χ2v) is 6.75. The fraction of sp³-hybridized carbons (Fsp3) is 0.300. The summed E-state index contributed by atoms with van der Waals surface area (Å²) in [6, 6.07) is 11.7. The van der Waals surface area contributed by atoms with Gasteiger partial charge in [-0.25, -0.2) is 0 Å². The van der Waals surface area contributed by atoms with Gasteiger partial charge in [0.25, 0.3) is 0 Å². The van der Waals surface area contributed by atoms with Gasteiger partial charge in [0, 0.05) is 16.9 Å². The number of carbonyl (C=O) groups is 1. The molecule has 0 saturated carbocycles. The van der Waals surface area contributed by atoms with Crippen molar-refractivity contribution in [1.82, 2.24) is 20.2 Å². The van der Waals surface area contributed by atoms with Gasteiger partial charge in [-0.2, -0.15) is 13.2 Å². The summed E-state index contributed by atoms with van der Waals surface area (Å²) in [5.41, 5.74) is 5.40. The molecule has 0 aliphatic rings. The van der Waals surface area contributed by atoms with Gasteiger partial charge < -0.3 is 11.1 Å². The first-order chi connectivity index (χ1) is 14.2. The average molecular weight is 418 g/mol. The molecule has 158 valence electrons. The molecule has 0 bridgehead atoms. The number of primary amides is 1. The summed E-state index contributed by atoms with van der Waals surface area (Å²) in [4.78, 5) is 13.3. The van der Waals surface area contributed by atoms with Crippen molar-refractivity contribution in [3.05, 3.63) is 54.1 Å². The van der Waals surface area contributed by atoms with Crippen molar-refractivity contribution in [2.24, 2.45) is 5.73 Å². The summed E-state index contributed by atoms with van der Waals surface area (Å²) in [5.74, 6) is -0.287. The van der Waals surface area contributed by atoms with Crippen molar-refractivity contribution in [3.8, 4) is 11.4 Å². The zero-order valence-corrected chi connectivity index (χ0v) is 16.4. The molecule has 10 heteroatoms. The number of anilines is 2. The Bertz CT molecular complexity index is 1030. The van der Waals surface area contributed by atoms with Gasteiger partial charge >= 0.3 is 6.18 Å². The van der Waals surface area contributed by atoms with E-state index in [0.717, 1.165) is 12.1 Å². The zero-order valence-electron chi connectivity index (χ0n) is 16.4. The Morgan fingerprint density at radius 3 is 2.27 bits per heavy atom. The van der Waals surface area contributed by atoms with Gasteiger partial charge in [-0.15, -0.1) is 15.0 Å². The third kappa shape index (κ3) is 3.98. The van der Waals surface area contributed by atoms with E-state index in [1.165, 1.54) is 16.9 Å². The van der Waals surface area contributed by atoms with Crippen LogP contribution in [0.2, 0.25) is 0 Å². The molecule has 30 heavy (non-hydrogen) atoms. The largest absolute Gasteiger partial charge is 0.416 e. The van der Waals surface area contributed by atoms with Crippen molar-refractivity contribution in [2.75, 3.05) is 5.32 Å². The lowest BCUT2D eigenvalue weighted by Crippen LogP contribution is -2.46. The average Bonchev–Trinajstić information content (AvgIpc) is 3.20. The molecule has 0 saturated heterocycles. The maximum Gasteiger partial charge on any atom is 0.416 e. The van der Waals surface area contributed by atoms with Gasteiger partial charge in [0.2, 0.25) is 11.7 Å². The van der Waals surface area contributed by atoms with Crippen molar-refractivity contribution in [1.29, 1.82) is 0 Å². The van der Waals surface area contributed by atoms with Crippen LogP contribution in [0.25, 0.3) is 11.4 Å². The Morgan fingerprint density at radius 1 is 1.07 bits per heavy atom. The second-order valence-electron chi connectivity index (χ2n) is 6.75. The van der Waals surface area contributed by atoms with Gasteiger partial charge in [0.1, 0.15) is 0 Å². The van der Waals surface area contributed by atoms with Crippen LogP contribution in [0.5, 0.6) is 0 Å². The van der Waals surface area contributed by atoms with Crippen molar-refractivity contribution < 1.29 is 18.0 Å². The zero-order chi connectivity index (χ0) is 21.9. The van der Waals surface area contributed by atoms with Crippen molar-refractivity contribution >= 4 is 17.3 Å². The van der Waals surface area contributed by atoms with Crippen LogP contribution in [0.1, 0.15) is 32.3 Å². The monoisotopic (exact) mass is 418 g/mol. The minimum absolute atomic E-state index is 0.262. The maximum atomic E-state index is 12.8. The molecule has 0 fully saturated rings. The highest BCUT2D eigenvalue weighted by atomic mass is 19.4. The third-order valence-electron chi connectivity index (χ3n) is 5.08. The number of hydrogen-bond acceptors (Lipinski definition) is 5. The Kier molecular flexibility index (Phi) is 5.77. The van der Waals surface area contributed by atoms with E-state index in [9.17, 15) is 18.0 Å². The first kappa shape index (κ1) is 21.3. The lowest BCUT2D eigenvalue weighted by atomic mass is 9.93. The first-order valence-electron chi connectivity index (χ1n) is 9.35. The van der Waals surface area contributed by atoms with E-state index in [1.807, 2.05) is 13.8 Å². The van der Waals surface area contributed by atoms with E-state index in [-0.39, 0.29) is 5.82 Å². The Hall–Kier alpha value is -3.43. The number of nitrogens with zero attached hydrogens (tertiary/aromatic N) is 4. The van der Waals surface area contributed by atoms with Gasteiger partial charge in [-0.05, 0) is 54.5 Å². The fourth-order valence-electron chi connectivity index (χ4n) is 3.17. The van der Waals surface area contributed by atoms with Crippen LogP contribution in [-0.2, 0) is 16.5 Å². The number of tetrazole rings is 1. The van der Waals surface area contributed by atoms with E-state index < -0.39 is 23.2 Å². The maximum absolute atomic E-state index is 12.8. The van der Waals surface area contributed by atoms with E-state index in [2.05, 4.69) is 20.7 Å². The predicted molar refractivity (Wildman–Crippen MR) is 106 cm³/mol. The van der Waals surface area contributed by atoms with Gasteiger partial charge in [-0.1, -0.05) is 26.0 Å². The van der Waals surface area contributed by atoms with Crippen molar-refractivity contribution in [3.63, 3.8) is 0 Å². The molecule has 0 aliphatic carbocycles. The van der Waals surface area contributed by atoms with E-state index >= 15 is 0 Å². The summed E-state index contributed by atoms with van der Waals surface area (Å²) in [6.07, 6.45) is -3.59. The number of para-hydroxylation sites is 1. The molecule has 0 atom stereocenters.